The van der Waals surface area contributed by atoms with Gasteiger partial charge in [0.05, 0.1) is 0 Å². The molecule has 0 aromatic heterocycles. The van der Waals surface area contributed by atoms with Gasteiger partial charge in [0.2, 0.25) is 0 Å². The second kappa shape index (κ2) is 8.24. The molecular weight excluding hydrogens is 417 g/mol. The standard InChI is InChI=1S/C27H30FN3O2/c28-25-15-19(26(32)29-20-6-7-20)5-8-23(25)17-4-9-24-18(14-17)10-13-31(27(24)33)22-11-12-30(16-22)21-2-1-3-21/h4-5,8-9,14-15,20-22H,1-3,6-7,10-13,16H2,(H,29,32). The molecule has 0 spiro atoms. The van der Waals surface area contributed by atoms with Crippen LogP contribution >= 0.6 is 0 Å². The van der Waals surface area contributed by atoms with Crippen LogP contribution in [0.25, 0.3) is 11.1 Å². The molecule has 1 saturated heterocycles. The molecule has 5 nitrogen and oxygen atoms in total. The fraction of sp³-hybridized carbons (Fsp3) is 0.481. The van der Waals surface area contributed by atoms with Crippen LogP contribution in [0, 0.1) is 5.82 Å². The van der Waals surface area contributed by atoms with E-state index in [1.165, 1.54) is 25.3 Å². The van der Waals surface area contributed by atoms with Crippen LogP contribution in [-0.4, -0.2) is 59.4 Å². The molecule has 33 heavy (non-hydrogen) atoms. The first-order valence-electron chi connectivity index (χ1n) is 12.4. The summed E-state index contributed by atoms with van der Waals surface area (Å²) in [6.07, 6.45) is 7.78. The van der Waals surface area contributed by atoms with E-state index in [1.54, 1.807) is 12.1 Å². The number of amides is 2. The largest absolute Gasteiger partial charge is 0.349 e. The maximum atomic E-state index is 14.9. The Labute approximate surface area is 193 Å². The zero-order valence-corrected chi connectivity index (χ0v) is 18.9. The molecule has 6 rings (SSSR count). The average Bonchev–Trinajstić information content (AvgIpc) is 3.47. The summed E-state index contributed by atoms with van der Waals surface area (Å²) in [5.41, 5.74) is 3.28. The number of fused-ring (bicyclic) bond motifs is 1. The molecule has 3 fully saturated rings. The lowest BCUT2D eigenvalue weighted by Gasteiger charge is -2.37. The van der Waals surface area contributed by atoms with Crippen molar-refractivity contribution in [1.82, 2.24) is 15.1 Å². The third-order valence-electron chi connectivity index (χ3n) is 7.90. The SMILES string of the molecule is O=C(NC1CC1)c1ccc(-c2ccc3c(c2)CCN(C2CCN(C4CCC4)C2)C3=O)c(F)c1. The minimum Gasteiger partial charge on any atom is -0.349 e. The quantitative estimate of drug-likeness (QED) is 0.754. The van der Waals surface area contributed by atoms with Crippen molar-refractivity contribution in [2.45, 2.75) is 63.1 Å². The smallest absolute Gasteiger partial charge is 0.254 e. The van der Waals surface area contributed by atoms with Gasteiger partial charge in [0.15, 0.2) is 0 Å². The van der Waals surface area contributed by atoms with E-state index in [9.17, 15) is 14.0 Å². The summed E-state index contributed by atoms with van der Waals surface area (Å²) in [5.74, 6) is -0.526. The molecule has 172 valence electrons. The molecule has 2 saturated carbocycles. The van der Waals surface area contributed by atoms with Crippen molar-refractivity contribution in [3.8, 4) is 11.1 Å². The summed E-state index contributed by atoms with van der Waals surface area (Å²) in [6, 6.07) is 11.6. The number of hydrogen-bond acceptors (Lipinski definition) is 3. The van der Waals surface area contributed by atoms with Crippen molar-refractivity contribution < 1.29 is 14.0 Å². The molecule has 0 bridgehead atoms. The molecule has 2 aromatic rings. The lowest BCUT2D eigenvalue weighted by molar-refractivity contribution is 0.0646. The van der Waals surface area contributed by atoms with Gasteiger partial charge in [-0.3, -0.25) is 14.5 Å². The first-order chi connectivity index (χ1) is 16.1. The molecule has 4 aliphatic rings. The Morgan fingerprint density at radius 1 is 0.939 bits per heavy atom. The van der Waals surface area contributed by atoms with Gasteiger partial charge in [0.25, 0.3) is 11.8 Å². The lowest BCUT2D eigenvalue weighted by atomic mass is 9.91. The second-order valence-electron chi connectivity index (χ2n) is 10.1. The van der Waals surface area contributed by atoms with Gasteiger partial charge >= 0.3 is 0 Å². The maximum Gasteiger partial charge on any atom is 0.254 e. The monoisotopic (exact) mass is 447 g/mol. The average molecular weight is 448 g/mol. The van der Waals surface area contributed by atoms with Gasteiger partial charge in [0.1, 0.15) is 5.82 Å². The Hall–Kier alpha value is -2.73. The summed E-state index contributed by atoms with van der Waals surface area (Å²) in [4.78, 5) is 30.1. The zero-order valence-electron chi connectivity index (χ0n) is 18.9. The summed E-state index contributed by atoms with van der Waals surface area (Å²) in [7, 11) is 0. The lowest BCUT2D eigenvalue weighted by Crippen LogP contribution is -2.47. The van der Waals surface area contributed by atoms with Crippen LogP contribution < -0.4 is 5.32 Å². The van der Waals surface area contributed by atoms with E-state index in [4.69, 9.17) is 0 Å². The Kier molecular flexibility index (Phi) is 5.21. The minimum atomic E-state index is -0.413. The van der Waals surface area contributed by atoms with E-state index in [2.05, 4.69) is 15.1 Å². The van der Waals surface area contributed by atoms with Gasteiger partial charge in [-0.1, -0.05) is 24.6 Å². The molecule has 2 aliphatic heterocycles. The number of hydrogen-bond donors (Lipinski definition) is 1. The zero-order chi connectivity index (χ0) is 22.5. The Morgan fingerprint density at radius 3 is 2.48 bits per heavy atom. The number of benzene rings is 2. The van der Waals surface area contributed by atoms with Crippen molar-refractivity contribution in [2.24, 2.45) is 0 Å². The van der Waals surface area contributed by atoms with Gasteiger partial charge in [0, 0.05) is 54.5 Å². The van der Waals surface area contributed by atoms with Crippen LogP contribution in [0.4, 0.5) is 4.39 Å². The van der Waals surface area contributed by atoms with Crippen LogP contribution in [0.5, 0.6) is 0 Å². The molecule has 6 heteroatoms. The van der Waals surface area contributed by atoms with Crippen LogP contribution in [0.15, 0.2) is 36.4 Å². The number of rotatable bonds is 5. The minimum absolute atomic E-state index is 0.107. The normalized spacial score (nSPS) is 23.4. The Balaban J connectivity index is 1.18. The highest BCUT2D eigenvalue weighted by Gasteiger charge is 2.37. The third-order valence-corrected chi connectivity index (χ3v) is 7.90. The van der Waals surface area contributed by atoms with Crippen molar-refractivity contribution >= 4 is 11.8 Å². The number of nitrogens with zero attached hydrogens (tertiary/aromatic N) is 2. The Bertz CT molecular complexity index is 1110. The van der Waals surface area contributed by atoms with Gasteiger partial charge in [-0.15, -0.1) is 0 Å². The first kappa shape index (κ1) is 20.8. The first-order valence-corrected chi connectivity index (χ1v) is 12.4. The highest BCUT2D eigenvalue weighted by Crippen LogP contribution is 2.33. The van der Waals surface area contributed by atoms with Crippen molar-refractivity contribution in [1.29, 1.82) is 0 Å². The molecule has 1 unspecified atom stereocenters. The van der Waals surface area contributed by atoms with E-state index in [0.717, 1.165) is 68.0 Å². The van der Waals surface area contributed by atoms with E-state index in [0.29, 0.717) is 17.2 Å². The highest BCUT2D eigenvalue weighted by molar-refractivity contribution is 5.98. The molecule has 2 amide bonds. The fourth-order valence-electron chi connectivity index (χ4n) is 5.52. The van der Waals surface area contributed by atoms with E-state index >= 15 is 0 Å². The number of carbonyl (C=O) groups excluding carboxylic acids is 2. The molecular formula is C27H30FN3O2. The van der Waals surface area contributed by atoms with Gasteiger partial charge in [-0.25, -0.2) is 4.39 Å². The Morgan fingerprint density at radius 2 is 1.76 bits per heavy atom. The van der Waals surface area contributed by atoms with Crippen LogP contribution in [0.3, 0.4) is 0 Å². The number of halogens is 1. The molecule has 1 N–H and O–H groups in total. The highest BCUT2D eigenvalue weighted by atomic mass is 19.1. The summed E-state index contributed by atoms with van der Waals surface area (Å²) < 4.78 is 14.9. The molecule has 2 aliphatic carbocycles. The van der Waals surface area contributed by atoms with Crippen molar-refractivity contribution in [3.63, 3.8) is 0 Å². The summed E-state index contributed by atoms with van der Waals surface area (Å²) >= 11 is 0. The molecule has 1 atom stereocenters. The van der Waals surface area contributed by atoms with Crippen molar-refractivity contribution in [2.75, 3.05) is 19.6 Å². The maximum absolute atomic E-state index is 14.9. The van der Waals surface area contributed by atoms with Crippen LogP contribution in [0.2, 0.25) is 0 Å². The van der Waals surface area contributed by atoms with E-state index in [-0.39, 0.29) is 17.9 Å². The summed E-state index contributed by atoms with van der Waals surface area (Å²) in [6.45, 7) is 2.82. The van der Waals surface area contributed by atoms with Gasteiger partial charge in [-0.2, -0.15) is 0 Å². The number of likely N-dealkylation sites (tertiary alicyclic amines) is 1. The molecule has 0 radical (unpaired) electrons. The number of nitrogens with one attached hydrogen (secondary N) is 1. The summed E-state index contributed by atoms with van der Waals surface area (Å²) in [5, 5.41) is 2.89. The fourth-order valence-corrected chi connectivity index (χ4v) is 5.52. The van der Waals surface area contributed by atoms with E-state index in [1.807, 2.05) is 18.2 Å². The number of carbonyl (C=O) groups is 2. The van der Waals surface area contributed by atoms with Crippen molar-refractivity contribution in [3.05, 3.63) is 58.9 Å². The van der Waals surface area contributed by atoms with E-state index < -0.39 is 5.82 Å². The van der Waals surface area contributed by atoms with Gasteiger partial charge < -0.3 is 10.2 Å². The molecule has 2 heterocycles. The predicted molar refractivity (Wildman–Crippen MR) is 125 cm³/mol. The van der Waals surface area contributed by atoms with Crippen LogP contribution in [0.1, 0.15) is 64.8 Å². The van der Waals surface area contributed by atoms with Crippen LogP contribution in [-0.2, 0) is 6.42 Å². The molecule has 2 aromatic carbocycles. The third kappa shape index (κ3) is 3.95. The topological polar surface area (TPSA) is 52.7 Å². The second-order valence-corrected chi connectivity index (χ2v) is 10.1. The van der Waals surface area contributed by atoms with Gasteiger partial charge in [-0.05, 0) is 67.9 Å². The predicted octanol–water partition coefficient (Wildman–Crippen LogP) is 4.01.